The summed E-state index contributed by atoms with van der Waals surface area (Å²) in [4.78, 5) is 0. The van der Waals surface area contributed by atoms with Gasteiger partial charge in [-0.3, -0.25) is 0 Å². The van der Waals surface area contributed by atoms with Crippen LogP contribution >= 0.6 is 23.2 Å². The van der Waals surface area contributed by atoms with Crippen LogP contribution in [0.25, 0.3) is 0 Å². The lowest BCUT2D eigenvalue weighted by atomic mass is 10.1. The molecule has 2 aromatic rings. The Hall–Kier alpha value is -1.38. The van der Waals surface area contributed by atoms with Gasteiger partial charge in [-0.15, -0.1) is 0 Å². The minimum Gasteiger partial charge on any atom is -0.489 e. The number of aryl methyl sites for hydroxylation is 1. The summed E-state index contributed by atoms with van der Waals surface area (Å²) in [5.74, 6) is 0.778. The molecule has 100 valence electrons. The van der Waals surface area contributed by atoms with Gasteiger partial charge in [0.15, 0.2) is 0 Å². The van der Waals surface area contributed by atoms with Crippen molar-refractivity contribution >= 4 is 28.9 Å². The van der Waals surface area contributed by atoms with Crippen molar-refractivity contribution in [2.75, 3.05) is 5.73 Å². The predicted octanol–water partition coefficient (Wildman–Crippen LogP) is 4.72. The predicted molar refractivity (Wildman–Crippen MR) is 81.0 cm³/mol. The van der Waals surface area contributed by atoms with E-state index in [2.05, 4.69) is 6.92 Å². The van der Waals surface area contributed by atoms with Gasteiger partial charge in [-0.05, 0) is 48.4 Å². The average Bonchev–Trinajstić information content (AvgIpc) is 2.41. The minimum atomic E-state index is 0.386. The summed E-state index contributed by atoms with van der Waals surface area (Å²) in [6.45, 7) is 2.44. The molecule has 2 aromatic carbocycles. The lowest BCUT2D eigenvalue weighted by Gasteiger charge is -2.10. The highest BCUT2D eigenvalue weighted by Gasteiger charge is 2.04. The minimum absolute atomic E-state index is 0.386. The summed E-state index contributed by atoms with van der Waals surface area (Å²) in [5.41, 5.74) is 8.49. The number of ether oxygens (including phenoxy) is 1. The number of halogens is 2. The number of benzene rings is 2. The Morgan fingerprint density at radius 2 is 1.84 bits per heavy atom. The molecule has 0 saturated carbocycles. The molecule has 0 aromatic heterocycles. The number of nitrogens with two attached hydrogens (primary N) is 1. The number of nitrogen functional groups attached to an aromatic ring is 1. The van der Waals surface area contributed by atoms with Crippen molar-refractivity contribution in [3.63, 3.8) is 0 Å². The first kappa shape index (κ1) is 14.0. The van der Waals surface area contributed by atoms with Gasteiger partial charge in [-0.25, -0.2) is 0 Å². The summed E-state index contributed by atoms with van der Waals surface area (Å²) in [5, 5.41) is 1.41. The molecule has 0 aliphatic rings. The lowest BCUT2D eigenvalue weighted by Crippen LogP contribution is -2.00. The molecular weight excluding hydrogens is 281 g/mol. The van der Waals surface area contributed by atoms with Crippen LogP contribution in [0.3, 0.4) is 0 Å². The van der Waals surface area contributed by atoms with Gasteiger partial charge in [0.25, 0.3) is 0 Å². The van der Waals surface area contributed by atoms with E-state index in [1.807, 2.05) is 24.3 Å². The Morgan fingerprint density at radius 3 is 2.58 bits per heavy atom. The summed E-state index contributed by atoms with van der Waals surface area (Å²) in [7, 11) is 0. The van der Waals surface area contributed by atoms with Crippen LogP contribution in [0, 0.1) is 0 Å². The van der Waals surface area contributed by atoms with E-state index < -0.39 is 0 Å². The van der Waals surface area contributed by atoms with Crippen molar-refractivity contribution in [2.24, 2.45) is 0 Å². The van der Waals surface area contributed by atoms with E-state index >= 15 is 0 Å². The molecule has 0 radical (unpaired) electrons. The van der Waals surface area contributed by atoms with Gasteiger partial charge < -0.3 is 10.5 Å². The molecule has 2 N–H and O–H groups in total. The van der Waals surface area contributed by atoms with Gasteiger partial charge in [0, 0.05) is 21.3 Å². The summed E-state index contributed by atoms with van der Waals surface area (Å²) < 4.78 is 5.73. The molecule has 2 nitrogen and oxygen atoms in total. The zero-order valence-corrected chi connectivity index (χ0v) is 12.1. The normalized spacial score (nSPS) is 10.5. The summed E-state index contributed by atoms with van der Waals surface area (Å²) in [6, 6.07) is 11.0. The van der Waals surface area contributed by atoms with Gasteiger partial charge in [0.1, 0.15) is 12.4 Å². The zero-order valence-electron chi connectivity index (χ0n) is 10.6. The molecule has 0 heterocycles. The third-order valence-corrected chi connectivity index (χ3v) is 3.50. The molecule has 0 amide bonds. The summed E-state index contributed by atoms with van der Waals surface area (Å²) >= 11 is 12.0. The van der Waals surface area contributed by atoms with Crippen molar-refractivity contribution in [1.29, 1.82) is 0 Å². The molecule has 0 aliphatic heterocycles. The number of hydrogen-bond acceptors (Lipinski definition) is 2. The lowest BCUT2D eigenvalue weighted by molar-refractivity contribution is 0.306. The summed E-state index contributed by atoms with van der Waals surface area (Å²) in [6.07, 6.45) is 0.870. The zero-order chi connectivity index (χ0) is 13.8. The first-order valence-electron chi connectivity index (χ1n) is 6.05. The van der Waals surface area contributed by atoms with Crippen molar-refractivity contribution in [1.82, 2.24) is 0 Å². The highest BCUT2D eigenvalue weighted by molar-refractivity contribution is 6.31. The van der Waals surface area contributed by atoms with E-state index in [0.29, 0.717) is 17.3 Å². The molecule has 2 rings (SSSR count). The monoisotopic (exact) mass is 295 g/mol. The first-order valence-corrected chi connectivity index (χ1v) is 6.81. The van der Waals surface area contributed by atoms with Crippen molar-refractivity contribution < 1.29 is 4.74 Å². The van der Waals surface area contributed by atoms with Crippen LogP contribution in [0.4, 0.5) is 5.69 Å². The number of anilines is 1. The van der Waals surface area contributed by atoms with Crippen LogP contribution in [-0.4, -0.2) is 0 Å². The van der Waals surface area contributed by atoms with Crippen LogP contribution < -0.4 is 10.5 Å². The fourth-order valence-electron chi connectivity index (χ4n) is 1.77. The second-order valence-electron chi connectivity index (χ2n) is 4.24. The maximum atomic E-state index is 6.07. The number of rotatable bonds is 4. The van der Waals surface area contributed by atoms with E-state index in [4.69, 9.17) is 33.7 Å². The second-order valence-corrected chi connectivity index (χ2v) is 5.08. The highest BCUT2D eigenvalue weighted by atomic mass is 35.5. The van der Waals surface area contributed by atoms with Gasteiger partial charge in [-0.1, -0.05) is 30.1 Å². The second kappa shape index (κ2) is 6.18. The van der Waals surface area contributed by atoms with E-state index in [-0.39, 0.29) is 0 Å². The van der Waals surface area contributed by atoms with E-state index in [0.717, 1.165) is 28.3 Å². The standard InChI is InChI=1S/C15H15Cl2NO/c1-2-10-8-13(4-5-14(10)17)19-9-11-7-12(16)3-6-15(11)18/h3-8H,2,9,18H2,1H3. The van der Waals surface area contributed by atoms with Crippen LogP contribution in [0.5, 0.6) is 5.75 Å². The molecule has 19 heavy (non-hydrogen) atoms. The first-order chi connectivity index (χ1) is 9.10. The molecule has 0 aliphatic carbocycles. The molecule has 0 spiro atoms. The van der Waals surface area contributed by atoms with Crippen LogP contribution in [0.15, 0.2) is 36.4 Å². The Bertz CT molecular complexity index is 584. The highest BCUT2D eigenvalue weighted by Crippen LogP contribution is 2.24. The van der Waals surface area contributed by atoms with Crippen LogP contribution in [0.1, 0.15) is 18.1 Å². The van der Waals surface area contributed by atoms with Crippen molar-refractivity contribution in [3.05, 3.63) is 57.6 Å². The Labute approximate surface area is 123 Å². The van der Waals surface area contributed by atoms with Gasteiger partial charge in [0.05, 0.1) is 0 Å². The molecule has 0 unspecified atom stereocenters. The molecule has 0 bridgehead atoms. The van der Waals surface area contributed by atoms with E-state index in [1.165, 1.54) is 0 Å². The largest absolute Gasteiger partial charge is 0.489 e. The fraction of sp³-hybridized carbons (Fsp3) is 0.200. The van der Waals surface area contributed by atoms with E-state index in [9.17, 15) is 0 Å². The fourth-order valence-corrected chi connectivity index (χ4v) is 2.22. The molecule has 0 fully saturated rings. The molecular formula is C15H15Cl2NO. The van der Waals surface area contributed by atoms with Crippen molar-refractivity contribution in [3.8, 4) is 5.75 Å². The third-order valence-electron chi connectivity index (χ3n) is 2.90. The third kappa shape index (κ3) is 3.55. The maximum Gasteiger partial charge on any atom is 0.120 e. The van der Waals surface area contributed by atoms with Gasteiger partial charge in [-0.2, -0.15) is 0 Å². The van der Waals surface area contributed by atoms with Crippen LogP contribution in [0.2, 0.25) is 10.0 Å². The Morgan fingerprint density at radius 1 is 1.05 bits per heavy atom. The Balaban J connectivity index is 2.12. The van der Waals surface area contributed by atoms with Crippen LogP contribution in [-0.2, 0) is 13.0 Å². The van der Waals surface area contributed by atoms with E-state index in [1.54, 1.807) is 12.1 Å². The quantitative estimate of drug-likeness (QED) is 0.829. The molecule has 4 heteroatoms. The smallest absolute Gasteiger partial charge is 0.120 e. The number of hydrogen-bond donors (Lipinski definition) is 1. The SMILES string of the molecule is CCc1cc(OCc2cc(Cl)ccc2N)ccc1Cl. The maximum absolute atomic E-state index is 6.07. The van der Waals surface area contributed by atoms with Gasteiger partial charge >= 0.3 is 0 Å². The topological polar surface area (TPSA) is 35.2 Å². The van der Waals surface area contributed by atoms with Gasteiger partial charge in [0.2, 0.25) is 0 Å². The average molecular weight is 296 g/mol. The molecule has 0 saturated heterocycles. The molecule has 0 atom stereocenters. The van der Waals surface area contributed by atoms with Crippen molar-refractivity contribution in [2.45, 2.75) is 20.0 Å². The Kier molecular flexibility index (Phi) is 4.56.